The fraction of sp³-hybridized carbons (Fsp3) is 1.00. The van der Waals surface area contributed by atoms with Crippen LogP contribution in [0, 0.1) is 0 Å². The van der Waals surface area contributed by atoms with Crippen LogP contribution in [0.15, 0.2) is 0 Å². The quantitative estimate of drug-likeness (QED) is 0.259. The smallest absolute Gasteiger partial charge is 0.157 e. The maximum Gasteiger partial charge on any atom is 0.157 e. The third kappa shape index (κ3) is 14.7. The second kappa shape index (κ2) is 16.8. The molecule has 0 spiro atoms. The molecule has 2 nitrogen and oxygen atoms in total. The van der Waals surface area contributed by atoms with E-state index in [1.807, 2.05) is 13.8 Å². The first-order chi connectivity index (χ1) is 7.85. The van der Waals surface area contributed by atoms with Crippen LogP contribution in [0.25, 0.3) is 0 Å². The zero-order valence-corrected chi connectivity index (χ0v) is 15.4. The monoisotopic (exact) mass is 439 g/mol. The number of hydrogen-bond donors (Lipinski definition) is 0. The molecule has 0 fully saturated rings. The summed E-state index contributed by atoms with van der Waals surface area (Å²) in [5.74, 6) is 0. The Hall–Kier alpha value is 0.803. The number of ether oxygens (including phenoxy) is 2. The molecule has 0 N–H and O–H groups in total. The van der Waals surface area contributed by atoms with Gasteiger partial charge in [0.25, 0.3) is 0 Å². The van der Waals surface area contributed by atoms with Crippen LogP contribution >= 0.6 is 0 Å². The van der Waals surface area contributed by atoms with Crippen molar-refractivity contribution in [3.63, 3.8) is 0 Å². The van der Waals surface area contributed by atoms with Gasteiger partial charge in [-0.25, -0.2) is 0 Å². The van der Waals surface area contributed by atoms with E-state index in [0.29, 0.717) is 0 Å². The zero-order chi connectivity index (χ0) is 12.1. The molecule has 0 saturated carbocycles. The third-order valence-corrected chi connectivity index (χ3v) is 2.75. The first-order valence-corrected chi connectivity index (χ1v) is 7.08. The second-order valence-corrected chi connectivity index (χ2v) is 4.25. The van der Waals surface area contributed by atoms with Crippen LogP contribution in [-0.4, -0.2) is 45.7 Å². The Morgan fingerprint density at radius 1 is 0.706 bits per heavy atom. The molecule has 103 valence electrons. The molecule has 3 heteroatoms. The van der Waals surface area contributed by atoms with E-state index in [4.69, 9.17) is 9.47 Å². The molecule has 0 atom stereocenters. The van der Waals surface area contributed by atoms with Crippen molar-refractivity contribution in [3.05, 3.63) is 0 Å². The van der Waals surface area contributed by atoms with Gasteiger partial charge in [0.05, 0.1) is 0 Å². The van der Waals surface area contributed by atoms with Crippen molar-refractivity contribution >= 4 is 26.2 Å². The average molecular weight is 439 g/mol. The predicted molar refractivity (Wildman–Crippen MR) is 75.4 cm³/mol. The Bertz CT molecular complexity index is 125. The van der Waals surface area contributed by atoms with Gasteiger partial charge in [-0.3, -0.25) is 0 Å². The minimum atomic E-state index is 0. The molecule has 0 amide bonds. The normalized spacial score (nSPS) is 10.6. The molecule has 0 bridgehead atoms. The van der Waals surface area contributed by atoms with E-state index in [1.54, 1.807) is 0 Å². The molecule has 0 aromatic heterocycles. The van der Waals surface area contributed by atoms with Crippen LogP contribution in [-0.2, 0) is 9.47 Å². The van der Waals surface area contributed by atoms with E-state index in [9.17, 15) is 0 Å². The Balaban J connectivity index is 0. The van der Waals surface area contributed by atoms with E-state index >= 15 is 0 Å². The molecular formula is C14H30BiO2. The molecule has 0 aliphatic rings. The summed E-state index contributed by atoms with van der Waals surface area (Å²) in [5.41, 5.74) is 0. The summed E-state index contributed by atoms with van der Waals surface area (Å²) in [4.78, 5) is 0. The number of rotatable bonds is 12. The van der Waals surface area contributed by atoms with Crippen molar-refractivity contribution in [3.8, 4) is 0 Å². The molecule has 0 unspecified atom stereocenters. The van der Waals surface area contributed by atoms with Gasteiger partial charge in [-0.15, -0.1) is 0 Å². The summed E-state index contributed by atoms with van der Waals surface area (Å²) < 4.78 is 11.0. The van der Waals surface area contributed by atoms with Gasteiger partial charge in [-0.05, 0) is 26.7 Å². The van der Waals surface area contributed by atoms with Crippen LogP contribution < -0.4 is 0 Å². The number of unbranched alkanes of at least 4 members (excludes halogenated alkanes) is 6. The topological polar surface area (TPSA) is 18.5 Å². The fourth-order valence-electron chi connectivity index (χ4n) is 1.85. The second-order valence-electron chi connectivity index (χ2n) is 4.25. The van der Waals surface area contributed by atoms with Crippen LogP contribution in [0.5, 0.6) is 0 Å². The Labute approximate surface area is 127 Å². The summed E-state index contributed by atoms with van der Waals surface area (Å²) in [6, 6.07) is 0. The average Bonchev–Trinajstić information content (AvgIpc) is 2.28. The maximum absolute atomic E-state index is 5.51. The van der Waals surface area contributed by atoms with Crippen molar-refractivity contribution in [2.75, 3.05) is 13.2 Å². The van der Waals surface area contributed by atoms with Gasteiger partial charge >= 0.3 is 0 Å². The van der Waals surface area contributed by atoms with E-state index in [2.05, 4.69) is 6.92 Å². The largest absolute Gasteiger partial charge is 0.353 e. The van der Waals surface area contributed by atoms with Crippen molar-refractivity contribution < 1.29 is 9.47 Å². The molecule has 17 heavy (non-hydrogen) atoms. The maximum atomic E-state index is 5.51. The Kier molecular flexibility index (Phi) is 19.9. The minimum absolute atomic E-state index is 0. The SMILES string of the molecule is CCCCCCCCCC(OCC)OCC.[Bi]. The van der Waals surface area contributed by atoms with Crippen molar-refractivity contribution in [2.45, 2.75) is 78.4 Å². The van der Waals surface area contributed by atoms with Crippen LogP contribution in [0.3, 0.4) is 0 Å². The van der Waals surface area contributed by atoms with Gasteiger partial charge in [0.15, 0.2) is 6.29 Å². The fourth-order valence-corrected chi connectivity index (χ4v) is 1.85. The Morgan fingerprint density at radius 2 is 1.18 bits per heavy atom. The van der Waals surface area contributed by atoms with Gasteiger partial charge in [-0.1, -0.05) is 45.4 Å². The minimum Gasteiger partial charge on any atom is -0.353 e. The molecule has 0 aromatic rings. The van der Waals surface area contributed by atoms with E-state index in [0.717, 1.165) is 19.6 Å². The zero-order valence-electron chi connectivity index (χ0n) is 11.9. The molecule has 0 aliphatic carbocycles. The summed E-state index contributed by atoms with van der Waals surface area (Å²) in [6.07, 6.45) is 10.5. The van der Waals surface area contributed by atoms with E-state index in [-0.39, 0.29) is 32.5 Å². The molecule has 0 aromatic carbocycles. The van der Waals surface area contributed by atoms with Gasteiger partial charge in [-0.2, -0.15) is 0 Å². The van der Waals surface area contributed by atoms with Crippen molar-refractivity contribution in [1.82, 2.24) is 0 Å². The molecule has 0 saturated heterocycles. The third-order valence-electron chi connectivity index (χ3n) is 2.75. The summed E-state index contributed by atoms with van der Waals surface area (Å²) >= 11 is 0. The molecule has 3 radical (unpaired) electrons. The van der Waals surface area contributed by atoms with Crippen LogP contribution in [0.1, 0.15) is 72.1 Å². The van der Waals surface area contributed by atoms with E-state index in [1.165, 1.54) is 44.9 Å². The standard InChI is InChI=1S/C14H30O2.Bi/c1-4-7-8-9-10-11-12-13-14(15-5-2)16-6-3;/h14H,4-13H2,1-3H3;. The molecular weight excluding hydrogens is 409 g/mol. The molecule has 0 heterocycles. The van der Waals surface area contributed by atoms with Crippen molar-refractivity contribution in [1.29, 1.82) is 0 Å². The summed E-state index contributed by atoms with van der Waals surface area (Å²) in [6.45, 7) is 7.81. The van der Waals surface area contributed by atoms with Crippen LogP contribution in [0.4, 0.5) is 0 Å². The first kappa shape index (κ1) is 20.1. The van der Waals surface area contributed by atoms with Gasteiger partial charge in [0.1, 0.15) is 0 Å². The summed E-state index contributed by atoms with van der Waals surface area (Å²) in [5, 5.41) is 0. The van der Waals surface area contributed by atoms with Gasteiger partial charge in [0, 0.05) is 39.4 Å². The molecule has 0 aliphatic heterocycles. The molecule has 0 rings (SSSR count). The predicted octanol–water partition coefficient (Wildman–Crippen LogP) is 4.15. The van der Waals surface area contributed by atoms with Gasteiger partial charge < -0.3 is 9.47 Å². The Morgan fingerprint density at radius 3 is 1.65 bits per heavy atom. The summed E-state index contributed by atoms with van der Waals surface area (Å²) in [7, 11) is 0. The van der Waals surface area contributed by atoms with Gasteiger partial charge in [0.2, 0.25) is 0 Å². The van der Waals surface area contributed by atoms with E-state index < -0.39 is 0 Å². The number of hydrogen-bond acceptors (Lipinski definition) is 2. The van der Waals surface area contributed by atoms with Crippen molar-refractivity contribution in [2.24, 2.45) is 0 Å². The first-order valence-electron chi connectivity index (χ1n) is 7.08. The van der Waals surface area contributed by atoms with Crippen LogP contribution in [0.2, 0.25) is 0 Å².